The second-order valence-corrected chi connectivity index (χ2v) is 6.78. The second-order valence-electron chi connectivity index (χ2n) is 6.35. The molecular weight excluding hydrogens is 374 g/mol. The van der Waals surface area contributed by atoms with Crippen molar-refractivity contribution in [2.24, 2.45) is 5.92 Å². The summed E-state index contributed by atoms with van der Waals surface area (Å²) in [6.45, 7) is 3.93. The van der Waals surface area contributed by atoms with Crippen LogP contribution in [0.5, 0.6) is 11.5 Å². The molecule has 6 N–H and O–H groups in total. The Balaban J connectivity index is 1.89. The summed E-state index contributed by atoms with van der Waals surface area (Å²) in [5.41, 5.74) is 0.998. The zero-order valence-corrected chi connectivity index (χ0v) is 15.5. The van der Waals surface area contributed by atoms with E-state index in [-0.39, 0.29) is 53.1 Å². The molecule has 1 atom stereocenters. The van der Waals surface area contributed by atoms with Crippen molar-refractivity contribution >= 4 is 34.5 Å². The topological polar surface area (TPSA) is 152 Å². The predicted molar refractivity (Wildman–Crippen MR) is 101 cm³/mol. The van der Waals surface area contributed by atoms with Crippen molar-refractivity contribution in [3.8, 4) is 11.5 Å². The highest BCUT2D eigenvalue weighted by molar-refractivity contribution is 6.30. The van der Waals surface area contributed by atoms with Crippen molar-refractivity contribution in [2.45, 2.75) is 26.4 Å². The fraction of sp³-hybridized carbons (Fsp3) is 0.375. The summed E-state index contributed by atoms with van der Waals surface area (Å²) >= 11 is 5.80. The highest BCUT2D eigenvalue weighted by Gasteiger charge is 2.17. The number of fused-ring (bicyclic) bond motifs is 1. The van der Waals surface area contributed by atoms with Crippen molar-refractivity contribution < 1.29 is 15.3 Å². The summed E-state index contributed by atoms with van der Waals surface area (Å²) in [5, 5.41) is 46.3. The Labute approximate surface area is 159 Å². The van der Waals surface area contributed by atoms with E-state index >= 15 is 0 Å². The van der Waals surface area contributed by atoms with E-state index in [0.29, 0.717) is 17.0 Å². The Bertz CT molecular complexity index is 924. The van der Waals surface area contributed by atoms with E-state index < -0.39 is 0 Å². The number of halogens is 1. The van der Waals surface area contributed by atoms with Gasteiger partial charge in [-0.25, -0.2) is 0 Å². The fourth-order valence-electron chi connectivity index (χ4n) is 2.48. The molecule has 0 fully saturated rings. The number of phenolic OH excluding ortho intramolecular Hbond substituents is 2. The predicted octanol–water partition coefficient (Wildman–Crippen LogP) is 1.85. The lowest BCUT2D eigenvalue weighted by atomic mass is 10.1. The molecule has 0 bridgehead atoms. The minimum atomic E-state index is -0.230. The van der Waals surface area contributed by atoms with Gasteiger partial charge in [0.1, 0.15) is 11.5 Å². The maximum Gasteiger partial charge on any atom is 0.227 e. The van der Waals surface area contributed by atoms with Crippen molar-refractivity contribution in [3.05, 3.63) is 22.7 Å². The highest BCUT2D eigenvalue weighted by Crippen LogP contribution is 2.32. The van der Waals surface area contributed by atoms with Crippen LogP contribution in [-0.4, -0.2) is 53.3 Å². The van der Waals surface area contributed by atoms with Gasteiger partial charge in [0.05, 0.1) is 18.2 Å². The molecule has 144 valence electrons. The van der Waals surface area contributed by atoms with Crippen LogP contribution in [0.2, 0.25) is 5.02 Å². The summed E-state index contributed by atoms with van der Waals surface area (Å²) < 4.78 is 0. The number of aromatic hydroxyl groups is 2. The van der Waals surface area contributed by atoms with Crippen LogP contribution in [0, 0.1) is 5.92 Å². The first-order valence-electron chi connectivity index (χ1n) is 8.29. The smallest absolute Gasteiger partial charge is 0.227 e. The first kappa shape index (κ1) is 18.9. The molecule has 0 saturated heterocycles. The molecule has 10 nitrogen and oxygen atoms in total. The Kier molecular flexibility index (Phi) is 5.47. The van der Waals surface area contributed by atoms with Gasteiger partial charge in [-0.15, -0.1) is 5.10 Å². The number of rotatable bonds is 7. The standard InChI is InChI=1S/C16H20ClN7O3/c1-7(2)10(6-25)19-16-20-14(13-15(21-16)23-24-22-13)18-5-9-11(26)3-8(17)4-12(9)27/h3-4,7,10,25-27H,5-6H2,1-2H3,(H3,18,19,20,21,22,23,24). The Morgan fingerprint density at radius 1 is 1.15 bits per heavy atom. The van der Waals surface area contributed by atoms with Gasteiger partial charge in [-0.1, -0.05) is 25.4 Å². The summed E-state index contributed by atoms with van der Waals surface area (Å²) in [5.74, 6) is 0.500. The Morgan fingerprint density at radius 3 is 2.48 bits per heavy atom. The van der Waals surface area contributed by atoms with Gasteiger partial charge in [-0.2, -0.15) is 20.3 Å². The molecule has 2 aromatic heterocycles. The van der Waals surface area contributed by atoms with Gasteiger partial charge in [0, 0.05) is 11.6 Å². The molecule has 0 radical (unpaired) electrons. The number of nitrogens with zero attached hydrogens (tertiary/aromatic N) is 4. The third-order valence-corrected chi connectivity index (χ3v) is 4.32. The SMILES string of the molecule is CC(C)C(CO)Nc1nc(NCc2c(O)cc(Cl)cc2O)c2n[nH]nc2n1. The molecule has 2 heterocycles. The van der Waals surface area contributed by atoms with Gasteiger partial charge >= 0.3 is 0 Å². The van der Waals surface area contributed by atoms with E-state index in [2.05, 4.69) is 36.0 Å². The van der Waals surface area contributed by atoms with Crippen LogP contribution in [0.1, 0.15) is 19.4 Å². The summed E-state index contributed by atoms with van der Waals surface area (Å²) in [6.07, 6.45) is 0. The number of hydrogen-bond acceptors (Lipinski definition) is 9. The molecule has 1 unspecified atom stereocenters. The van der Waals surface area contributed by atoms with E-state index in [4.69, 9.17) is 11.6 Å². The van der Waals surface area contributed by atoms with Crippen molar-refractivity contribution in [3.63, 3.8) is 0 Å². The van der Waals surface area contributed by atoms with Crippen molar-refractivity contribution in [2.75, 3.05) is 17.2 Å². The monoisotopic (exact) mass is 393 g/mol. The number of phenols is 2. The average molecular weight is 394 g/mol. The molecule has 0 spiro atoms. The maximum absolute atomic E-state index is 10.00. The first-order valence-corrected chi connectivity index (χ1v) is 8.67. The van der Waals surface area contributed by atoms with Gasteiger partial charge in [0.15, 0.2) is 11.3 Å². The lowest BCUT2D eigenvalue weighted by Gasteiger charge is -2.20. The van der Waals surface area contributed by atoms with Gasteiger partial charge < -0.3 is 26.0 Å². The summed E-state index contributed by atoms with van der Waals surface area (Å²) in [4.78, 5) is 8.65. The van der Waals surface area contributed by atoms with Gasteiger partial charge in [-0.05, 0) is 18.1 Å². The highest BCUT2D eigenvalue weighted by atomic mass is 35.5. The maximum atomic E-state index is 10.00. The summed E-state index contributed by atoms with van der Waals surface area (Å²) in [7, 11) is 0. The van der Waals surface area contributed by atoms with Crippen LogP contribution in [0.25, 0.3) is 11.2 Å². The number of hydrogen-bond donors (Lipinski definition) is 6. The van der Waals surface area contributed by atoms with Crippen LogP contribution in [0.4, 0.5) is 11.8 Å². The van der Waals surface area contributed by atoms with E-state index in [0.717, 1.165) is 0 Å². The lowest BCUT2D eigenvalue weighted by Crippen LogP contribution is -2.30. The lowest BCUT2D eigenvalue weighted by molar-refractivity contribution is 0.248. The Morgan fingerprint density at radius 2 is 1.85 bits per heavy atom. The van der Waals surface area contributed by atoms with E-state index in [1.807, 2.05) is 13.8 Å². The average Bonchev–Trinajstić information content (AvgIpc) is 3.07. The molecule has 0 aliphatic rings. The molecule has 0 amide bonds. The van der Waals surface area contributed by atoms with Gasteiger partial charge in [0.2, 0.25) is 11.6 Å². The van der Waals surface area contributed by atoms with Crippen LogP contribution in [0.3, 0.4) is 0 Å². The van der Waals surface area contributed by atoms with Crippen LogP contribution in [0.15, 0.2) is 12.1 Å². The molecule has 3 rings (SSSR count). The van der Waals surface area contributed by atoms with E-state index in [1.165, 1.54) is 12.1 Å². The number of anilines is 2. The van der Waals surface area contributed by atoms with Crippen LogP contribution >= 0.6 is 11.6 Å². The number of benzene rings is 1. The third kappa shape index (κ3) is 4.12. The number of aliphatic hydroxyl groups excluding tert-OH is 1. The zero-order valence-electron chi connectivity index (χ0n) is 14.7. The van der Waals surface area contributed by atoms with Crippen molar-refractivity contribution in [1.29, 1.82) is 0 Å². The second kappa shape index (κ2) is 7.80. The number of aliphatic hydroxyl groups is 1. The van der Waals surface area contributed by atoms with E-state index in [1.54, 1.807) is 0 Å². The molecule has 0 saturated carbocycles. The zero-order chi connectivity index (χ0) is 19.6. The Hall–Kier alpha value is -2.85. The van der Waals surface area contributed by atoms with Crippen molar-refractivity contribution in [1.82, 2.24) is 25.4 Å². The number of nitrogens with one attached hydrogen (secondary N) is 3. The third-order valence-electron chi connectivity index (χ3n) is 4.10. The van der Waals surface area contributed by atoms with Crippen LogP contribution < -0.4 is 10.6 Å². The normalized spacial score (nSPS) is 12.5. The number of H-pyrrole nitrogens is 1. The molecule has 11 heteroatoms. The molecule has 1 aromatic carbocycles. The van der Waals surface area contributed by atoms with Crippen LogP contribution in [-0.2, 0) is 6.54 Å². The molecule has 27 heavy (non-hydrogen) atoms. The minimum Gasteiger partial charge on any atom is -0.507 e. The quantitative estimate of drug-likeness (QED) is 0.353. The summed E-state index contributed by atoms with van der Waals surface area (Å²) in [6, 6.07) is 2.45. The van der Waals surface area contributed by atoms with Gasteiger partial charge in [-0.3, -0.25) is 0 Å². The number of aromatic nitrogens is 5. The molecular formula is C16H20ClN7O3. The first-order chi connectivity index (χ1) is 12.9. The largest absolute Gasteiger partial charge is 0.507 e. The van der Waals surface area contributed by atoms with Gasteiger partial charge in [0.25, 0.3) is 0 Å². The molecule has 3 aromatic rings. The molecule has 0 aliphatic carbocycles. The molecule has 0 aliphatic heterocycles. The fourth-order valence-corrected chi connectivity index (χ4v) is 2.69. The van der Waals surface area contributed by atoms with E-state index in [9.17, 15) is 15.3 Å². The minimum absolute atomic E-state index is 0.0703. The number of aromatic amines is 1.